The van der Waals surface area contributed by atoms with Gasteiger partial charge in [-0.15, -0.1) is 0 Å². The van der Waals surface area contributed by atoms with Crippen LogP contribution in [0.4, 0.5) is 4.39 Å². The fraction of sp³-hybridized carbons (Fsp3) is 0.667. The molecule has 6 heteroatoms. The predicted molar refractivity (Wildman–Crippen MR) is 94.5 cm³/mol. The number of rotatable bonds is 1. The minimum absolute atomic E-state index is 0.202. The van der Waals surface area contributed by atoms with E-state index in [-0.39, 0.29) is 12.2 Å². The van der Waals surface area contributed by atoms with Crippen LogP contribution in [0.5, 0.6) is 0 Å². The summed E-state index contributed by atoms with van der Waals surface area (Å²) in [5.41, 5.74) is -6.02. The van der Waals surface area contributed by atoms with Crippen molar-refractivity contribution in [2.45, 2.75) is 57.7 Å². The molecule has 2 N–H and O–H groups in total. The van der Waals surface area contributed by atoms with Crippen LogP contribution in [0.3, 0.4) is 0 Å². The lowest BCUT2D eigenvalue weighted by atomic mass is 9.45. The number of Topliss-reactive ketones (excluding diaryl/α,β-unsaturated/α-hetero) is 1. The number of halogens is 1. The molecule has 7 atom stereocenters. The summed E-state index contributed by atoms with van der Waals surface area (Å²) < 4.78 is 16.7. The number of carbonyl (C=O) groups is 3. The molecule has 27 heavy (non-hydrogen) atoms. The number of ketones is 2. The Morgan fingerprint density at radius 1 is 1.26 bits per heavy atom. The van der Waals surface area contributed by atoms with Gasteiger partial charge in [-0.1, -0.05) is 25.5 Å². The van der Waals surface area contributed by atoms with E-state index >= 15 is 4.39 Å². The molecule has 0 aromatic carbocycles. The van der Waals surface area contributed by atoms with Gasteiger partial charge in [-0.25, -0.2) is 9.18 Å². The molecule has 4 rings (SSSR count). The second-order valence-electron chi connectivity index (χ2n) is 9.30. The van der Waals surface area contributed by atoms with Crippen molar-refractivity contribution in [2.24, 2.45) is 28.6 Å². The van der Waals surface area contributed by atoms with E-state index in [1.807, 2.05) is 0 Å². The molecule has 4 aliphatic rings. The lowest BCUT2D eigenvalue weighted by Crippen LogP contribution is -2.67. The fourth-order valence-corrected chi connectivity index (χ4v) is 6.73. The number of carbonyl (C=O) groups excluding carboxylic acids is 2. The Kier molecular flexibility index (Phi) is 3.54. The molecule has 3 fully saturated rings. The van der Waals surface area contributed by atoms with Crippen LogP contribution >= 0.6 is 0 Å². The lowest BCUT2D eigenvalue weighted by molar-refractivity contribution is -0.196. The minimum Gasteiger partial charge on any atom is -0.479 e. The summed E-state index contributed by atoms with van der Waals surface area (Å²) in [5, 5.41) is 20.8. The molecule has 5 nitrogen and oxygen atoms in total. The average Bonchev–Trinajstić information content (AvgIpc) is 2.79. The highest BCUT2D eigenvalue weighted by Crippen LogP contribution is 2.69. The number of fused-ring (bicyclic) bond motifs is 5. The monoisotopic (exact) mass is 376 g/mol. The third-order valence-corrected chi connectivity index (χ3v) is 8.31. The Hall–Kier alpha value is -1.82. The summed E-state index contributed by atoms with van der Waals surface area (Å²) in [5.74, 6) is -3.88. The number of carboxylic acid groups (broad SMARTS) is 1. The molecular formula is C21H25FO5. The van der Waals surface area contributed by atoms with Gasteiger partial charge in [-0.2, -0.15) is 0 Å². The number of carboxylic acids is 1. The first-order chi connectivity index (χ1) is 12.4. The van der Waals surface area contributed by atoms with Crippen LogP contribution in [-0.2, 0) is 14.4 Å². The molecule has 0 bridgehead atoms. The third-order valence-electron chi connectivity index (χ3n) is 8.31. The second-order valence-corrected chi connectivity index (χ2v) is 9.30. The molecular weight excluding hydrogens is 351 g/mol. The maximum absolute atomic E-state index is 16.7. The quantitative estimate of drug-likeness (QED) is 0.734. The van der Waals surface area contributed by atoms with E-state index in [0.717, 1.165) is 0 Å². The largest absolute Gasteiger partial charge is 0.479 e. The Balaban J connectivity index is 1.87. The highest BCUT2D eigenvalue weighted by atomic mass is 19.1. The molecule has 7 unspecified atom stereocenters. The highest BCUT2D eigenvalue weighted by Gasteiger charge is 2.76. The Labute approximate surface area is 157 Å². The Morgan fingerprint density at radius 3 is 2.56 bits per heavy atom. The number of hydrogen-bond acceptors (Lipinski definition) is 4. The first-order valence-electron chi connectivity index (χ1n) is 9.55. The average molecular weight is 376 g/mol. The molecule has 0 radical (unpaired) electrons. The van der Waals surface area contributed by atoms with Crippen molar-refractivity contribution in [2.75, 3.05) is 0 Å². The molecule has 0 aromatic heterocycles. The third kappa shape index (κ3) is 1.85. The van der Waals surface area contributed by atoms with Gasteiger partial charge in [-0.05, 0) is 50.2 Å². The van der Waals surface area contributed by atoms with Crippen molar-refractivity contribution in [3.8, 4) is 0 Å². The van der Waals surface area contributed by atoms with Gasteiger partial charge >= 0.3 is 5.97 Å². The van der Waals surface area contributed by atoms with Crippen molar-refractivity contribution in [1.29, 1.82) is 0 Å². The summed E-state index contributed by atoms with van der Waals surface area (Å²) in [7, 11) is 0. The Bertz CT molecular complexity index is 830. The fourth-order valence-electron chi connectivity index (χ4n) is 6.73. The van der Waals surface area contributed by atoms with E-state index in [9.17, 15) is 24.6 Å². The summed E-state index contributed by atoms with van der Waals surface area (Å²) in [4.78, 5) is 37.0. The summed E-state index contributed by atoms with van der Waals surface area (Å²) in [6.45, 7) is 4.95. The molecule has 0 aromatic rings. The second kappa shape index (κ2) is 5.16. The van der Waals surface area contributed by atoms with Crippen molar-refractivity contribution < 1.29 is 29.0 Å². The van der Waals surface area contributed by atoms with Crippen LogP contribution < -0.4 is 0 Å². The SMILES string of the molecule is CC1CC2C3CCC4=CC(=O)C=CC4(C)C3(F)C(=O)CC2(C)C1(O)C(=O)O. The van der Waals surface area contributed by atoms with E-state index in [2.05, 4.69) is 0 Å². The number of hydrogen-bond donors (Lipinski definition) is 2. The lowest BCUT2D eigenvalue weighted by Gasteiger charge is -2.59. The van der Waals surface area contributed by atoms with Gasteiger partial charge in [0.15, 0.2) is 22.8 Å². The molecule has 0 aliphatic heterocycles. The molecule has 4 aliphatic carbocycles. The van der Waals surface area contributed by atoms with E-state index in [4.69, 9.17) is 0 Å². The van der Waals surface area contributed by atoms with Crippen LogP contribution in [0, 0.1) is 28.6 Å². The summed E-state index contributed by atoms with van der Waals surface area (Å²) in [6, 6.07) is 0. The van der Waals surface area contributed by atoms with Crippen molar-refractivity contribution in [3.05, 3.63) is 23.8 Å². The van der Waals surface area contributed by atoms with Gasteiger partial charge in [0.2, 0.25) is 0 Å². The van der Waals surface area contributed by atoms with Gasteiger partial charge in [0.1, 0.15) is 0 Å². The van der Waals surface area contributed by atoms with E-state index in [1.54, 1.807) is 20.8 Å². The standard InChI is InChI=1S/C21H25FO5/c1-11-8-15-14-5-4-12-9-13(23)6-7-18(12,2)20(14,22)16(24)10-19(15,3)21(11,27)17(25)26/h6-7,9,11,14-15,27H,4-5,8,10H2,1-3H3,(H,25,26). The molecule has 0 amide bonds. The molecule has 146 valence electrons. The van der Waals surface area contributed by atoms with E-state index in [1.165, 1.54) is 18.2 Å². The van der Waals surface area contributed by atoms with Crippen molar-refractivity contribution in [3.63, 3.8) is 0 Å². The van der Waals surface area contributed by atoms with E-state index in [0.29, 0.717) is 24.8 Å². The van der Waals surface area contributed by atoms with Crippen LogP contribution in [0.25, 0.3) is 0 Å². The van der Waals surface area contributed by atoms with Gasteiger partial charge in [-0.3, -0.25) is 9.59 Å². The van der Waals surface area contributed by atoms with Crippen molar-refractivity contribution >= 4 is 17.5 Å². The Morgan fingerprint density at radius 2 is 1.93 bits per heavy atom. The van der Waals surface area contributed by atoms with Crippen LogP contribution in [0.15, 0.2) is 23.8 Å². The van der Waals surface area contributed by atoms with E-state index < -0.39 is 51.6 Å². The first kappa shape index (κ1) is 18.5. The first-order valence-corrected chi connectivity index (χ1v) is 9.55. The maximum Gasteiger partial charge on any atom is 0.336 e. The molecule has 0 spiro atoms. The number of aliphatic hydroxyl groups is 1. The number of alkyl halides is 1. The molecule has 3 saturated carbocycles. The number of allylic oxidation sites excluding steroid dienone is 4. The highest BCUT2D eigenvalue weighted by molar-refractivity contribution is 6.02. The van der Waals surface area contributed by atoms with Crippen molar-refractivity contribution in [1.82, 2.24) is 0 Å². The number of aliphatic carboxylic acids is 1. The van der Waals surface area contributed by atoms with Gasteiger partial charge < -0.3 is 10.2 Å². The molecule has 0 heterocycles. The van der Waals surface area contributed by atoms with Crippen LogP contribution in [0.1, 0.15) is 46.5 Å². The zero-order chi connectivity index (χ0) is 20.0. The minimum atomic E-state index is -2.19. The molecule has 0 saturated heterocycles. The van der Waals surface area contributed by atoms with Crippen LogP contribution in [0.2, 0.25) is 0 Å². The van der Waals surface area contributed by atoms with Gasteiger partial charge in [0.25, 0.3) is 0 Å². The van der Waals surface area contributed by atoms with Gasteiger partial charge in [0.05, 0.1) is 0 Å². The summed E-state index contributed by atoms with van der Waals surface area (Å²) in [6.07, 6.45) is 5.17. The zero-order valence-electron chi connectivity index (χ0n) is 15.8. The normalized spacial score (nSPS) is 51.3. The predicted octanol–water partition coefficient (Wildman–Crippen LogP) is 2.63. The zero-order valence-corrected chi connectivity index (χ0v) is 15.8. The van der Waals surface area contributed by atoms with Crippen LogP contribution in [-0.4, -0.2) is 39.0 Å². The summed E-state index contributed by atoms with van der Waals surface area (Å²) >= 11 is 0. The maximum atomic E-state index is 16.7. The topological polar surface area (TPSA) is 91.7 Å². The smallest absolute Gasteiger partial charge is 0.336 e. The van der Waals surface area contributed by atoms with Gasteiger partial charge in [0, 0.05) is 23.2 Å².